The summed E-state index contributed by atoms with van der Waals surface area (Å²) in [5, 5.41) is 3.80. The Morgan fingerprint density at radius 3 is 2.51 bits per heavy atom. The maximum absolute atomic E-state index is 14.6. The first-order valence-corrected chi connectivity index (χ1v) is 13.0. The van der Waals surface area contributed by atoms with Crippen LogP contribution in [0.15, 0.2) is 70.4 Å². The van der Waals surface area contributed by atoms with E-state index in [1.54, 1.807) is 11.8 Å². The summed E-state index contributed by atoms with van der Waals surface area (Å²) in [5.41, 5.74) is 1.68. The van der Waals surface area contributed by atoms with Crippen molar-refractivity contribution in [1.29, 1.82) is 0 Å². The number of anilines is 1. The molecule has 4 heterocycles. The number of fused-ring (bicyclic) bond motifs is 3. The fraction of sp³-hybridized carbons (Fsp3) is 0.269. The monoisotopic (exact) mass is 507 g/mol. The number of hydrogen-bond donors (Lipinski definition) is 1. The van der Waals surface area contributed by atoms with E-state index in [2.05, 4.69) is 32.3 Å². The number of nitrogens with zero attached hydrogens (tertiary/aromatic N) is 4. The van der Waals surface area contributed by atoms with Gasteiger partial charge in [0.25, 0.3) is 0 Å². The summed E-state index contributed by atoms with van der Waals surface area (Å²) in [7, 11) is 0. The summed E-state index contributed by atoms with van der Waals surface area (Å²) in [6, 6.07) is 19.8. The predicted molar refractivity (Wildman–Crippen MR) is 138 cm³/mol. The molecule has 6 rings (SSSR count). The van der Waals surface area contributed by atoms with Gasteiger partial charge in [0.1, 0.15) is 5.82 Å². The van der Waals surface area contributed by atoms with Crippen LogP contribution < -0.4 is 15.9 Å². The van der Waals surface area contributed by atoms with Gasteiger partial charge < -0.3 is 10.2 Å². The maximum Gasteiger partial charge on any atom is 0.355 e. The van der Waals surface area contributed by atoms with Crippen molar-refractivity contribution in [2.75, 3.05) is 18.0 Å². The van der Waals surface area contributed by atoms with Gasteiger partial charge in [-0.15, -0.1) is 11.8 Å². The standard InChI is InChI=1S/C26H23ClFN5OS/c27-23-20(28)12-19-24(32-13-17-10-11-18(14-32)29-17)31-26(34)33(25(19)30-23)21-8-4-5-9-22(21)35-15-16-6-2-1-3-7-16/h1-9,12,17-18,29H,10-11,13-15H2. The molecular weight excluding hydrogens is 485 g/mol. The van der Waals surface area contributed by atoms with E-state index in [9.17, 15) is 9.18 Å². The van der Waals surface area contributed by atoms with Crippen LogP contribution in [0.1, 0.15) is 18.4 Å². The minimum absolute atomic E-state index is 0.266. The zero-order chi connectivity index (χ0) is 23.9. The molecular formula is C26H23ClFN5OS. The minimum Gasteiger partial charge on any atom is -0.353 e. The average molecular weight is 508 g/mol. The highest BCUT2D eigenvalue weighted by Gasteiger charge is 2.34. The van der Waals surface area contributed by atoms with Crippen LogP contribution in [0.4, 0.5) is 10.2 Å². The number of nitrogens with one attached hydrogen (secondary N) is 1. The molecule has 178 valence electrons. The number of benzene rings is 2. The van der Waals surface area contributed by atoms with E-state index in [1.807, 2.05) is 42.5 Å². The second-order valence-electron chi connectivity index (χ2n) is 8.97. The molecule has 2 aromatic heterocycles. The molecule has 2 aliphatic heterocycles. The molecule has 2 unspecified atom stereocenters. The van der Waals surface area contributed by atoms with Gasteiger partial charge in [-0.2, -0.15) is 4.98 Å². The van der Waals surface area contributed by atoms with Gasteiger partial charge in [-0.05, 0) is 36.6 Å². The number of rotatable bonds is 5. The Balaban J connectivity index is 1.48. The van der Waals surface area contributed by atoms with E-state index in [1.165, 1.54) is 16.2 Å². The Kier molecular flexibility index (Phi) is 5.96. The second-order valence-corrected chi connectivity index (χ2v) is 10.3. The Hall–Kier alpha value is -2.94. The first kappa shape index (κ1) is 22.5. The number of halogens is 2. The van der Waals surface area contributed by atoms with E-state index in [-0.39, 0.29) is 5.15 Å². The third kappa shape index (κ3) is 4.30. The predicted octanol–water partition coefficient (Wildman–Crippen LogP) is 4.81. The fourth-order valence-corrected chi connectivity index (χ4v) is 6.14. The van der Waals surface area contributed by atoms with Gasteiger partial charge in [0.2, 0.25) is 0 Å². The number of pyridine rings is 1. The average Bonchev–Trinajstić information content (AvgIpc) is 3.21. The Bertz CT molecular complexity index is 1450. The molecule has 9 heteroatoms. The van der Waals surface area contributed by atoms with Gasteiger partial charge in [-0.3, -0.25) is 0 Å². The molecule has 4 aromatic rings. The summed E-state index contributed by atoms with van der Waals surface area (Å²) < 4.78 is 16.1. The summed E-state index contributed by atoms with van der Waals surface area (Å²) in [6.07, 6.45) is 2.17. The Labute approximate surface area is 211 Å². The lowest BCUT2D eigenvalue weighted by Crippen LogP contribution is -2.52. The van der Waals surface area contributed by atoms with E-state index in [4.69, 9.17) is 11.6 Å². The summed E-state index contributed by atoms with van der Waals surface area (Å²) in [5.74, 6) is 0.581. The van der Waals surface area contributed by atoms with Gasteiger partial charge in [0.05, 0.1) is 11.1 Å². The maximum atomic E-state index is 14.6. The highest BCUT2D eigenvalue weighted by molar-refractivity contribution is 7.98. The number of para-hydroxylation sites is 1. The van der Waals surface area contributed by atoms with Crippen molar-refractivity contribution >= 4 is 40.2 Å². The van der Waals surface area contributed by atoms with Crippen molar-refractivity contribution in [3.63, 3.8) is 0 Å². The zero-order valence-electron chi connectivity index (χ0n) is 18.8. The summed E-state index contributed by atoms with van der Waals surface area (Å²) in [4.78, 5) is 25.3. The molecule has 2 aliphatic rings. The molecule has 1 N–H and O–H groups in total. The van der Waals surface area contributed by atoms with E-state index < -0.39 is 11.5 Å². The van der Waals surface area contributed by atoms with Crippen LogP contribution in [-0.4, -0.2) is 39.7 Å². The third-order valence-corrected chi connectivity index (χ3v) is 8.02. The van der Waals surface area contributed by atoms with Crippen molar-refractivity contribution in [3.8, 4) is 5.69 Å². The Morgan fingerprint density at radius 1 is 1.03 bits per heavy atom. The van der Waals surface area contributed by atoms with Gasteiger partial charge in [0.15, 0.2) is 16.6 Å². The van der Waals surface area contributed by atoms with E-state index in [0.717, 1.165) is 36.6 Å². The number of aromatic nitrogens is 3. The molecule has 2 fully saturated rings. The molecule has 0 spiro atoms. The van der Waals surface area contributed by atoms with Crippen LogP contribution >= 0.6 is 23.4 Å². The smallest absolute Gasteiger partial charge is 0.353 e. The highest BCUT2D eigenvalue weighted by Crippen LogP contribution is 2.33. The molecule has 0 aliphatic carbocycles. The van der Waals surface area contributed by atoms with Gasteiger partial charge >= 0.3 is 5.69 Å². The third-order valence-electron chi connectivity index (χ3n) is 6.62. The molecule has 0 amide bonds. The molecule has 6 nitrogen and oxygen atoms in total. The number of thioether (sulfide) groups is 1. The lowest BCUT2D eigenvalue weighted by Gasteiger charge is -2.34. The van der Waals surface area contributed by atoms with Gasteiger partial charge in [-0.25, -0.2) is 18.7 Å². The van der Waals surface area contributed by atoms with Crippen molar-refractivity contribution in [1.82, 2.24) is 19.9 Å². The molecule has 2 bridgehead atoms. The van der Waals surface area contributed by atoms with Crippen LogP contribution in [0.5, 0.6) is 0 Å². The molecule has 2 aromatic carbocycles. The topological polar surface area (TPSA) is 63.1 Å². The lowest BCUT2D eigenvalue weighted by atomic mass is 10.2. The zero-order valence-corrected chi connectivity index (χ0v) is 20.4. The molecule has 35 heavy (non-hydrogen) atoms. The van der Waals surface area contributed by atoms with Crippen molar-refractivity contribution in [2.24, 2.45) is 0 Å². The first-order chi connectivity index (χ1) is 17.1. The van der Waals surface area contributed by atoms with E-state index in [0.29, 0.717) is 34.6 Å². The van der Waals surface area contributed by atoms with Crippen molar-refractivity contribution in [3.05, 3.63) is 87.7 Å². The lowest BCUT2D eigenvalue weighted by molar-refractivity contribution is 0.463. The van der Waals surface area contributed by atoms with Crippen molar-refractivity contribution < 1.29 is 4.39 Å². The molecule has 2 saturated heterocycles. The van der Waals surface area contributed by atoms with E-state index >= 15 is 0 Å². The first-order valence-electron chi connectivity index (χ1n) is 11.6. The summed E-state index contributed by atoms with van der Waals surface area (Å²) in [6.45, 7) is 1.44. The SMILES string of the molecule is O=c1nc(N2CC3CCC(C2)N3)c2cc(F)c(Cl)nc2n1-c1ccccc1SCc1ccccc1. The normalized spacial score (nSPS) is 19.4. The molecule has 0 radical (unpaired) electrons. The van der Waals surface area contributed by atoms with Crippen LogP contribution in [0.25, 0.3) is 16.7 Å². The van der Waals surface area contributed by atoms with Gasteiger partial charge in [-0.1, -0.05) is 54.1 Å². The Morgan fingerprint density at radius 2 is 1.74 bits per heavy atom. The fourth-order valence-electron chi connectivity index (χ4n) is 5.01. The van der Waals surface area contributed by atoms with Crippen molar-refractivity contribution in [2.45, 2.75) is 35.6 Å². The van der Waals surface area contributed by atoms with Crippen LogP contribution in [-0.2, 0) is 5.75 Å². The highest BCUT2D eigenvalue weighted by atomic mass is 35.5. The van der Waals surface area contributed by atoms with Crippen LogP contribution in [0.3, 0.4) is 0 Å². The number of hydrogen-bond acceptors (Lipinski definition) is 6. The summed E-state index contributed by atoms with van der Waals surface area (Å²) >= 11 is 7.74. The molecule has 0 saturated carbocycles. The van der Waals surface area contributed by atoms with Crippen LogP contribution in [0.2, 0.25) is 5.15 Å². The number of piperazine rings is 1. The molecule has 2 atom stereocenters. The van der Waals surface area contributed by atoms with Crippen LogP contribution in [0, 0.1) is 5.82 Å². The minimum atomic E-state index is -0.628. The largest absolute Gasteiger partial charge is 0.355 e. The quantitative estimate of drug-likeness (QED) is 0.309. The van der Waals surface area contributed by atoms with Gasteiger partial charge in [0, 0.05) is 35.8 Å². The second kappa shape index (κ2) is 9.26.